The summed E-state index contributed by atoms with van der Waals surface area (Å²) in [4.78, 5) is 28.8. The molecule has 0 aliphatic carbocycles. The van der Waals surface area contributed by atoms with Crippen LogP contribution in [0.25, 0.3) is 5.52 Å². The predicted octanol–water partition coefficient (Wildman–Crippen LogP) is 1.38. The van der Waals surface area contributed by atoms with Crippen molar-refractivity contribution in [2.45, 2.75) is 44.7 Å². The Morgan fingerprint density at radius 1 is 1.24 bits per heavy atom. The van der Waals surface area contributed by atoms with Gasteiger partial charge in [0.2, 0.25) is 5.60 Å². The summed E-state index contributed by atoms with van der Waals surface area (Å²) in [6.07, 6.45) is -2.69. The molecule has 3 N–H and O–H groups in total. The molecule has 1 fully saturated rings. The number of nitriles is 1. The highest BCUT2D eigenvalue weighted by Gasteiger charge is 2.58. The highest BCUT2D eigenvalue weighted by molar-refractivity contribution is 6.05. The fourth-order valence-electron chi connectivity index (χ4n) is 3.97. The van der Waals surface area contributed by atoms with Crippen molar-refractivity contribution < 1.29 is 34.0 Å². The zero-order valence-electron chi connectivity index (χ0n) is 20.5. The van der Waals surface area contributed by atoms with E-state index in [2.05, 4.69) is 15.4 Å². The van der Waals surface area contributed by atoms with Gasteiger partial charge < -0.3 is 29.7 Å². The van der Waals surface area contributed by atoms with Gasteiger partial charge in [0.15, 0.2) is 12.6 Å². The molecule has 0 bridgehead atoms. The lowest BCUT2D eigenvalue weighted by Crippen LogP contribution is -2.42. The van der Waals surface area contributed by atoms with Crippen LogP contribution in [-0.2, 0) is 24.6 Å². The van der Waals surface area contributed by atoms with E-state index in [0.29, 0.717) is 11.1 Å². The van der Waals surface area contributed by atoms with Gasteiger partial charge in [0.25, 0.3) is 5.91 Å². The average molecular weight is 510 g/mol. The minimum absolute atomic E-state index is 0.131. The summed E-state index contributed by atoms with van der Waals surface area (Å²) in [6.45, 7) is 3.95. The summed E-state index contributed by atoms with van der Waals surface area (Å²) in [5.41, 5.74) is -1.86. The van der Waals surface area contributed by atoms with E-state index in [1.807, 2.05) is 6.07 Å². The van der Waals surface area contributed by atoms with Gasteiger partial charge in [0.1, 0.15) is 36.2 Å². The van der Waals surface area contributed by atoms with Crippen LogP contribution in [0.2, 0.25) is 0 Å². The SMILES string of the molecule is CC(C)(C)C(=O)OCO[C@H]1[C@@H](O)[C@](C#N)(c2ccc3c(NC(=O)c4ccccc4)ncnn23)O[C@@H]1CO. The van der Waals surface area contributed by atoms with Crippen LogP contribution >= 0.6 is 0 Å². The number of ether oxygens (including phenoxy) is 3. The maximum atomic E-state index is 12.6. The van der Waals surface area contributed by atoms with Crippen molar-refractivity contribution >= 4 is 23.2 Å². The molecule has 1 saturated heterocycles. The normalized spacial score (nSPS) is 23.5. The molecule has 0 radical (unpaired) electrons. The molecule has 1 aromatic carbocycles. The summed E-state index contributed by atoms with van der Waals surface area (Å²) >= 11 is 0. The minimum atomic E-state index is -1.99. The highest BCUT2D eigenvalue weighted by atomic mass is 16.7. The van der Waals surface area contributed by atoms with E-state index in [4.69, 9.17) is 14.2 Å². The molecule has 1 amide bonds. The number of carbonyl (C=O) groups excluding carboxylic acids is 2. The van der Waals surface area contributed by atoms with Crippen molar-refractivity contribution in [3.05, 3.63) is 60.0 Å². The maximum absolute atomic E-state index is 12.6. The Morgan fingerprint density at radius 3 is 2.62 bits per heavy atom. The van der Waals surface area contributed by atoms with Gasteiger partial charge in [-0.25, -0.2) is 9.50 Å². The predicted molar refractivity (Wildman–Crippen MR) is 128 cm³/mol. The Hall–Kier alpha value is -3.89. The molecular weight excluding hydrogens is 482 g/mol. The molecule has 12 nitrogen and oxygen atoms in total. The van der Waals surface area contributed by atoms with Gasteiger partial charge >= 0.3 is 5.97 Å². The molecule has 4 rings (SSSR count). The van der Waals surface area contributed by atoms with Crippen molar-refractivity contribution in [2.75, 3.05) is 18.7 Å². The smallest absolute Gasteiger partial charge is 0.313 e. The molecule has 0 saturated carbocycles. The van der Waals surface area contributed by atoms with Crippen LogP contribution in [0.1, 0.15) is 36.8 Å². The van der Waals surface area contributed by atoms with Crippen LogP contribution in [0, 0.1) is 16.7 Å². The average Bonchev–Trinajstić information content (AvgIpc) is 3.44. The number of anilines is 1. The number of aliphatic hydroxyl groups excluding tert-OH is 2. The summed E-state index contributed by atoms with van der Waals surface area (Å²) in [5, 5.41) is 38.1. The molecule has 3 heterocycles. The molecule has 194 valence electrons. The second-order valence-electron chi connectivity index (χ2n) is 9.51. The molecule has 4 atom stereocenters. The van der Waals surface area contributed by atoms with Crippen molar-refractivity contribution in [1.82, 2.24) is 14.6 Å². The van der Waals surface area contributed by atoms with Crippen LogP contribution in [-0.4, -0.2) is 68.4 Å². The van der Waals surface area contributed by atoms with E-state index in [0.717, 1.165) is 0 Å². The molecule has 12 heteroatoms. The third kappa shape index (κ3) is 4.90. The lowest BCUT2D eigenvalue weighted by molar-refractivity contribution is -0.177. The lowest BCUT2D eigenvalue weighted by atomic mass is 9.92. The number of esters is 1. The molecule has 37 heavy (non-hydrogen) atoms. The topological polar surface area (TPSA) is 168 Å². The van der Waals surface area contributed by atoms with Crippen molar-refractivity contribution in [3.63, 3.8) is 0 Å². The Labute approximate surface area is 212 Å². The molecule has 1 aliphatic rings. The molecule has 2 aromatic heterocycles. The van der Waals surface area contributed by atoms with E-state index < -0.39 is 54.6 Å². The number of hydrogen-bond acceptors (Lipinski definition) is 10. The fourth-order valence-corrected chi connectivity index (χ4v) is 3.97. The highest BCUT2D eigenvalue weighted by Crippen LogP contribution is 2.41. The molecule has 3 aromatic rings. The first kappa shape index (κ1) is 26.2. The standard InChI is InChI=1S/C25H27N5O7/c1-24(2,3)23(34)36-14-35-19-17(11-31)37-25(12-26,20(19)32)18-10-9-16-21(27-13-28-30(16)18)29-22(33)15-7-5-4-6-8-15/h4-10,13,17,19-20,31-32H,11,14H2,1-3H3,(H,27,28,29,33)/t17-,19-,20-,25+/m1/s1. The molecular formula is C25H27N5O7. The van der Waals surface area contributed by atoms with Gasteiger partial charge in [0, 0.05) is 5.56 Å². The summed E-state index contributed by atoms with van der Waals surface area (Å²) in [7, 11) is 0. The van der Waals surface area contributed by atoms with Crippen molar-refractivity contribution in [3.8, 4) is 6.07 Å². The van der Waals surface area contributed by atoms with Gasteiger partial charge in [0.05, 0.1) is 17.7 Å². The zero-order chi connectivity index (χ0) is 26.8. The van der Waals surface area contributed by atoms with Crippen LogP contribution in [0.3, 0.4) is 0 Å². The Morgan fingerprint density at radius 2 is 1.97 bits per heavy atom. The minimum Gasteiger partial charge on any atom is -0.438 e. The van der Waals surface area contributed by atoms with Crippen molar-refractivity contribution in [2.24, 2.45) is 5.41 Å². The molecule has 0 unspecified atom stereocenters. The monoisotopic (exact) mass is 509 g/mol. The van der Waals surface area contributed by atoms with E-state index in [1.54, 1.807) is 57.2 Å². The fraction of sp³-hybridized carbons (Fsp3) is 0.400. The number of aliphatic hydroxyl groups is 2. The second kappa shape index (κ2) is 10.2. The number of nitrogens with zero attached hydrogens (tertiary/aromatic N) is 4. The summed E-state index contributed by atoms with van der Waals surface area (Å²) in [5.74, 6) is -0.738. The second-order valence-corrected chi connectivity index (χ2v) is 9.51. The van der Waals surface area contributed by atoms with Crippen LogP contribution < -0.4 is 5.32 Å². The maximum Gasteiger partial charge on any atom is 0.313 e. The Balaban J connectivity index is 1.61. The van der Waals surface area contributed by atoms with Gasteiger partial charge in [-0.3, -0.25) is 9.59 Å². The first-order chi connectivity index (χ1) is 17.6. The molecule has 0 spiro atoms. The Bertz CT molecular complexity index is 1330. The van der Waals surface area contributed by atoms with Gasteiger partial charge in [-0.15, -0.1) is 0 Å². The Kier molecular flexibility index (Phi) is 7.24. The largest absolute Gasteiger partial charge is 0.438 e. The number of amides is 1. The number of benzene rings is 1. The van der Waals surface area contributed by atoms with Gasteiger partial charge in [-0.05, 0) is 45.0 Å². The number of carbonyl (C=O) groups is 2. The summed E-state index contributed by atoms with van der Waals surface area (Å²) < 4.78 is 17.8. The third-order valence-electron chi connectivity index (χ3n) is 5.94. The van der Waals surface area contributed by atoms with E-state index >= 15 is 0 Å². The quantitative estimate of drug-likeness (QED) is 0.312. The third-order valence-corrected chi connectivity index (χ3v) is 5.94. The van der Waals surface area contributed by atoms with Crippen LogP contribution in [0.5, 0.6) is 0 Å². The number of fused-ring (bicyclic) bond motifs is 1. The van der Waals surface area contributed by atoms with E-state index in [-0.39, 0.29) is 11.5 Å². The van der Waals surface area contributed by atoms with Gasteiger partial charge in [-0.2, -0.15) is 10.4 Å². The summed E-state index contributed by atoms with van der Waals surface area (Å²) in [6, 6.07) is 13.6. The number of hydrogen-bond donors (Lipinski definition) is 3. The van der Waals surface area contributed by atoms with E-state index in [9.17, 15) is 25.1 Å². The van der Waals surface area contributed by atoms with Crippen LogP contribution in [0.4, 0.5) is 5.82 Å². The number of rotatable bonds is 7. The van der Waals surface area contributed by atoms with Crippen LogP contribution in [0.15, 0.2) is 48.8 Å². The number of nitrogens with one attached hydrogen (secondary N) is 1. The van der Waals surface area contributed by atoms with E-state index in [1.165, 1.54) is 16.9 Å². The molecule has 1 aliphatic heterocycles. The first-order valence-electron chi connectivity index (χ1n) is 11.5. The van der Waals surface area contributed by atoms with Crippen molar-refractivity contribution in [1.29, 1.82) is 5.26 Å². The first-order valence-corrected chi connectivity index (χ1v) is 11.5. The lowest BCUT2D eigenvalue weighted by Gasteiger charge is -2.25. The zero-order valence-corrected chi connectivity index (χ0v) is 20.5. The number of aromatic nitrogens is 3. The van der Waals surface area contributed by atoms with Gasteiger partial charge in [-0.1, -0.05) is 18.2 Å².